The van der Waals surface area contributed by atoms with Crippen molar-refractivity contribution in [3.05, 3.63) is 23.8 Å². The average Bonchev–Trinajstić information content (AvgIpc) is 2.85. The number of ketones is 1. The van der Waals surface area contributed by atoms with Crippen molar-refractivity contribution in [1.82, 2.24) is 0 Å². The maximum absolute atomic E-state index is 11.7. The summed E-state index contributed by atoms with van der Waals surface area (Å²) in [7, 11) is 0. The molecule has 0 aromatic carbocycles. The van der Waals surface area contributed by atoms with Gasteiger partial charge in [0.2, 0.25) is 0 Å². The van der Waals surface area contributed by atoms with E-state index in [1.165, 1.54) is 37.7 Å². The predicted molar refractivity (Wildman–Crippen MR) is 87.2 cm³/mol. The lowest BCUT2D eigenvalue weighted by atomic mass is 9.48. The number of fused-ring (bicyclic) bond motifs is 5. The minimum absolute atomic E-state index is 0.0876. The smallest absolute Gasteiger partial charge is 0.178 e. The van der Waals surface area contributed by atoms with Crippen LogP contribution in [0.2, 0.25) is 0 Å². The molecule has 0 aromatic heterocycles. The number of hydrogen-bond donors (Lipinski definition) is 1. The van der Waals surface area contributed by atoms with Gasteiger partial charge in [-0.15, -0.1) is 0 Å². The maximum atomic E-state index is 11.7. The van der Waals surface area contributed by atoms with Crippen molar-refractivity contribution in [2.24, 2.45) is 34.5 Å². The SMILES string of the molecule is C[C@@H]1C[C@H]2[C@@H]3CCC4=CC(=O)C=C[C@]4(C)[C@H]3CC[C@]2(CO)C1. The number of aliphatic hydroxyl groups is 1. The number of rotatable bonds is 1. The third-order valence-corrected chi connectivity index (χ3v) is 7.62. The Morgan fingerprint density at radius 1 is 1.32 bits per heavy atom. The molecule has 4 aliphatic rings. The fourth-order valence-electron chi connectivity index (χ4n) is 6.64. The highest BCUT2D eigenvalue weighted by atomic mass is 16.3. The van der Waals surface area contributed by atoms with Crippen LogP contribution in [0.25, 0.3) is 0 Å². The third kappa shape index (κ3) is 1.86. The van der Waals surface area contributed by atoms with E-state index in [1.807, 2.05) is 6.08 Å². The molecule has 0 unspecified atom stereocenters. The van der Waals surface area contributed by atoms with E-state index in [4.69, 9.17) is 0 Å². The van der Waals surface area contributed by atoms with Gasteiger partial charge in [-0.3, -0.25) is 4.79 Å². The van der Waals surface area contributed by atoms with Gasteiger partial charge in [0.15, 0.2) is 5.78 Å². The first-order valence-electron chi connectivity index (χ1n) is 9.04. The Balaban J connectivity index is 1.70. The van der Waals surface area contributed by atoms with Gasteiger partial charge in [-0.1, -0.05) is 25.5 Å². The molecular formula is C20H28O2. The van der Waals surface area contributed by atoms with Crippen molar-refractivity contribution in [3.63, 3.8) is 0 Å². The molecule has 0 amide bonds. The summed E-state index contributed by atoms with van der Waals surface area (Å²) < 4.78 is 0. The van der Waals surface area contributed by atoms with Gasteiger partial charge in [0.1, 0.15) is 0 Å². The topological polar surface area (TPSA) is 37.3 Å². The van der Waals surface area contributed by atoms with Gasteiger partial charge in [0, 0.05) is 12.0 Å². The number of aliphatic hydroxyl groups excluding tert-OH is 1. The van der Waals surface area contributed by atoms with Crippen LogP contribution in [0.5, 0.6) is 0 Å². The first-order chi connectivity index (χ1) is 10.5. The molecule has 0 radical (unpaired) electrons. The summed E-state index contributed by atoms with van der Waals surface area (Å²) in [6.07, 6.45) is 13.1. The molecule has 0 spiro atoms. The van der Waals surface area contributed by atoms with Gasteiger partial charge in [0.05, 0.1) is 0 Å². The Morgan fingerprint density at radius 3 is 2.91 bits per heavy atom. The van der Waals surface area contributed by atoms with Crippen molar-refractivity contribution < 1.29 is 9.90 Å². The summed E-state index contributed by atoms with van der Waals surface area (Å²) in [6.45, 7) is 5.08. The molecule has 0 aliphatic heterocycles. The Bertz CT molecular complexity index is 560. The summed E-state index contributed by atoms with van der Waals surface area (Å²) >= 11 is 0. The van der Waals surface area contributed by atoms with E-state index in [1.54, 1.807) is 6.08 Å². The summed E-state index contributed by atoms with van der Waals surface area (Å²) in [5, 5.41) is 10.1. The van der Waals surface area contributed by atoms with E-state index in [0.29, 0.717) is 18.4 Å². The summed E-state index contributed by atoms with van der Waals surface area (Å²) in [5.41, 5.74) is 1.65. The Hall–Kier alpha value is -0.890. The lowest BCUT2D eigenvalue weighted by molar-refractivity contribution is -0.111. The third-order valence-electron chi connectivity index (χ3n) is 7.62. The van der Waals surface area contributed by atoms with E-state index < -0.39 is 0 Å². The van der Waals surface area contributed by atoms with E-state index >= 15 is 0 Å². The largest absolute Gasteiger partial charge is 0.396 e. The molecule has 3 fully saturated rings. The Morgan fingerprint density at radius 2 is 2.14 bits per heavy atom. The zero-order chi connectivity index (χ0) is 15.5. The summed E-state index contributed by atoms with van der Waals surface area (Å²) in [4.78, 5) is 11.7. The van der Waals surface area contributed by atoms with Crippen LogP contribution in [0.3, 0.4) is 0 Å². The van der Waals surface area contributed by atoms with Crippen LogP contribution in [0.1, 0.15) is 52.4 Å². The molecule has 6 atom stereocenters. The predicted octanol–water partition coefficient (Wildman–Crippen LogP) is 3.90. The lowest BCUT2D eigenvalue weighted by Gasteiger charge is -2.56. The zero-order valence-corrected chi connectivity index (χ0v) is 13.8. The van der Waals surface area contributed by atoms with Gasteiger partial charge in [-0.25, -0.2) is 0 Å². The second-order valence-corrected chi connectivity index (χ2v) is 8.71. The van der Waals surface area contributed by atoms with Crippen molar-refractivity contribution in [3.8, 4) is 0 Å². The molecule has 2 nitrogen and oxygen atoms in total. The molecule has 3 saturated carbocycles. The molecule has 4 rings (SSSR count). The molecule has 0 saturated heterocycles. The fourth-order valence-corrected chi connectivity index (χ4v) is 6.64. The molecule has 0 aromatic rings. The monoisotopic (exact) mass is 300 g/mol. The normalized spacial score (nSPS) is 50.1. The van der Waals surface area contributed by atoms with E-state index in [2.05, 4.69) is 19.9 Å². The summed E-state index contributed by atoms with van der Waals surface area (Å²) in [5.74, 6) is 3.00. The highest BCUT2D eigenvalue weighted by Gasteiger charge is 2.58. The number of allylic oxidation sites excluding steroid dienone is 4. The first kappa shape index (κ1) is 14.7. The van der Waals surface area contributed by atoms with Crippen LogP contribution in [0.15, 0.2) is 23.8 Å². The average molecular weight is 300 g/mol. The van der Waals surface area contributed by atoms with Crippen LogP contribution in [0.4, 0.5) is 0 Å². The highest BCUT2D eigenvalue weighted by Crippen LogP contribution is 2.65. The zero-order valence-electron chi connectivity index (χ0n) is 13.8. The minimum Gasteiger partial charge on any atom is -0.396 e. The van der Waals surface area contributed by atoms with Crippen LogP contribution >= 0.6 is 0 Å². The first-order valence-corrected chi connectivity index (χ1v) is 9.04. The molecule has 120 valence electrons. The van der Waals surface area contributed by atoms with Gasteiger partial charge in [0.25, 0.3) is 0 Å². The second-order valence-electron chi connectivity index (χ2n) is 8.71. The van der Waals surface area contributed by atoms with Gasteiger partial charge in [-0.2, -0.15) is 0 Å². The van der Waals surface area contributed by atoms with Crippen molar-refractivity contribution >= 4 is 5.78 Å². The molecule has 0 bridgehead atoms. The second kappa shape index (κ2) is 4.80. The van der Waals surface area contributed by atoms with Gasteiger partial charge >= 0.3 is 0 Å². The molecule has 1 N–H and O–H groups in total. The van der Waals surface area contributed by atoms with Crippen LogP contribution in [-0.4, -0.2) is 17.5 Å². The Labute approximate surface area is 133 Å². The van der Waals surface area contributed by atoms with Crippen molar-refractivity contribution in [2.45, 2.75) is 52.4 Å². The van der Waals surface area contributed by atoms with Crippen LogP contribution in [-0.2, 0) is 4.79 Å². The quantitative estimate of drug-likeness (QED) is 0.797. The van der Waals surface area contributed by atoms with Crippen LogP contribution in [0, 0.1) is 34.5 Å². The van der Waals surface area contributed by atoms with Crippen molar-refractivity contribution in [2.75, 3.05) is 6.61 Å². The van der Waals surface area contributed by atoms with E-state index in [0.717, 1.165) is 18.3 Å². The molecule has 0 heterocycles. The maximum Gasteiger partial charge on any atom is 0.178 e. The number of hydrogen-bond acceptors (Lipinski definition) is 2. The molecule has 2 heteroatoms. The molecular weight excluding hydrogens is 272 g/mol. The van der Waals surface area contributed by atoms with Crippen molar-refractivity contribution in [1.29, 1.82) is 0 Å². The van der Waals surface area contributed by atoms with Crippen LogP contribution < -0.4 is 0 Å². The van der Waals surface area contributed by atoms with Gasteiger partial charge in [-0.05, 0) is 79.8 Å². The van der Waals surface area contributed by atoms with E-state index in [9.17, 15) is 9.90 Å². The number of carbonyl (C=O) groups is 1. The summed E-state index contributed by atoms with van der Waals surface area (Å²) in [6, 6.07) is 0. The lowest BCUT2D eigenvalue weighted by Crippen LogP contribution is -2.50. The standard InChI is InChI=1S/C20H28O2/c1-13-9-18-16-4-3-14-10-15(22)5-7-19(14,2)17(16)6-8-20(18,11-13)12-21/h5,7,10,13,16-18,21H,3-4,6,8-9,11-12H2,1-2H3/t13-,16-,17+,18+,19+,20-/m1/s1. The minimum atomic E-state index is 0.0876. The fraction of sp³-hybridized carbons (Fsp3) is 0.750. The number of carbonyl (C=O) groups excluding carboxylic acids is 1. The molecule has 4 aliphatic carbocycles. The Kier molecular flexibility index (Phi) is 3.21. The van der Waals surface area contributed by atoms with E-state index in [-0.39, 0.29) is 16.6 Å². The van der Waals surface area contributed by atoms with Gasteiger partial charge < -0.3 is 5.11 Å². The highest BCUT2D eigenvalue weighted by molar-refractivity contribution is 6.01. The molecule has 22 heavy (non-hydrogen) atoms.